The molecule has 0 saturated carbocycles. The summed E-state index contributed by atoms with van der Waals surface area (Å²) in [5, 5.41) is 2.68. The highest BCUT2D eigenvalue weighted by Crippen LogP contribution is 2.25. The molecule has 0 aromatic carbocycles. The number of anilines is 2. The zero-order valence-electron chi connectivity index (χ0n) is 10.6. The first-order valence-corrected chi connectivity index (χ1v) is 5.86. The summed E-state index contributed by atoms with van der Waals surface area (Å²) in [5.41, 5.74) is 0.585. The van der Waals surface area contributed by atoms with E-state index in [2.05, 4.69) is 15.2 Å². The maximum Gasteiger partial charge on any atom is 0.239 e. The van der Waals surface area contributed by atoms with Crippen LogP contribution in [-0.2, 0) is 9.53 Å². The van der Waals surface area contributed by atoms with Gasteiger partial charge in [0.05, 0.1) is 20.3 Å². The molecule has 2 heterocycles. The van der Waals surface area contributed by atoms with Crippen molar-refractivity contribution >= 4 is 17.4 Å². The van der Waals surface area contributed by atoms with Crippen LogP contribution in [0.3, 0.4) is 0 Å². The summed E-state index contributed by atoms with van der Waals surface area (Å²) in [7, 11) is 1.54. The fourth-order valence-electron chi connectivity index (χ4n) is 1.84. The van der Waals surface area contributed by atoms with Crippen LogP contribution in [0.25, 0.3) is 0 Å². The van der Waals surface area contributed by atoms with Crippen molar-refractivity contribution in [2.75, 3.05) is 43.6 Å². The number of morpholine rings is 1. The normalized spacial score (nSPS) is 15.3. The van der Waals surface area contributed by atoms with Gasteiger partial charge in [0.2, 0.25) is 11.8 Å². The van der Waals surface area contributed by atoms with Crippen molar-refractivity contribution in [2.24, 2.45) is 0 Å². The zero-order valence-corrected chi connectivity index (χ0v) is 10.6. The number of amides is 1. The number of carbonyl (C=O) groups is 1. The van der Waals surface area contributed by atoms with Crippen LogP contribution in [0.1, 0.15) is 6.92 Å². The van der Waals surface area contributed by atoms with Crippen LogP contribution >= 0.6 is 0 Å². The Morgan fingerprint density at radius 1 is 1.44 bits per heavy atom. The molecular formula is C12H17N3O3. The average molecular weight is 251 g/mol. The molecule has 1 N–H and O–H groups in total. The largest absolute Gasteiger partial charge is 0.479 e. The standard InChI is InChI=1S/C12H17N3O3/c1-9(16)13-10-3-4-11(14-12(10)17-2)15-5-7-18-8-6-15/h3-4H,5-8H2,1-2H3,(H,13,16). The Hall–Kier alpha value is -1.82. The molecule has 18 heavy (non-hydrogen) atoms. The molecule has 1 amide bonds. The minimum Gasteiger partial charge on any atom is -0.479 e. The molecular weight excluding hydrogens is 234 g/mol. The van der Waals surface area contributed by atoms with Gasteiger partial charge in [-0.25, -0.2) is 0 Å². The van der Waals surface area contributed by atoms with E-state index < -0.39 is 0 Å². The van der Waals surface area contributed by atoms with E-state index in [9.17, 15) is 4.79 Å². The number of nitrogens with one attached hydrogen (secondary N) is 1. The van der Waals surface area contributed by atoms with E-state index >= 15 is 0 Å². The molecule has 98 valence electrons. The molecule has 0 radical (unpaired) electrons. The van der Waals surface area contributed by atoms with Crippen LogP contribution < -0.4 is 15.0 Å². The maximum absolute atomic E-state index is 11.0. The molecule has 0 spiro atoms. The molecule has 0 atom stereocenters. The van der Waals surface area contributed by atoms with Crippen LogP contribution in [0.2, 0.25) is 0 Å². The number of aromatic nitrogens is 1. The van der Waals surface area contributed by atoms with Crippen LogP contribution in [0.4, 0.5) is 11.5 Å². The van der Waals surface area contributed by atoms with Crippen molar-refractivity contribution in [3.63, 3.8) is 0 Å². The van der Waals surface area contributed by atoms with E-state index in [1.54, 1.807) is 6.07 Å². The van der Waals surface area contributed by atoms with Crippen LogP contribution in [0.15, 0.2) is 12.1 Å². The Bertz CT molecular complexity index is 431. The Labute approximate surface area is 106 Å². The highest BCUT2D eigenvalue weighted by atomic mass is 16.5. The SMILES string of the molecule is COc1nc(N2CCOCC2)ccc1NC(C)=O. The van der Waals surface area contributed by atoms with E-state index in [0.29, 0.717) is 24.8 Å². The van der Waals surface area contributed by atoms with Crippen molar-refractivity contribution in [3.8, 4) is 5.88 Å². The zero-order chi connectivity index (χ0) is 13.0. The molecule has 6 nitrogen and oxygen atoms in total. The van der Waals surface area contributed by atoms with E-state index in [4.69, 9.17) is 9.47 Å². The smallest absolute Gasteiger partial charge is 0.239 e. The van der Waals surface area contributed by atoms with Gasteiger partial charge in [0.15, 0.2) is 0 Å². The van der Waals surface area contributed by atoms with E-state index in [-0.39, 0.29) is 5.91 Å². The second-order valence-corrected chi connectivity index (χ2v) is 4.01. The lowest BCUT2D eigenvalue weighted by Crippen LogP contribution is -2.36. The quantitative estimate of drug-likeness (QED) is 0.864. The Morgan fingerprint density at radius 3 is 2.78 bits per heavy atom. The van der Waals surface area contributed by atoms with Gasteiger partial charge in [-0.1, -0.05) is 0 Å². The van der Waals surface area contributed by atoms with Gasteiger partial charge < -0.3 is 19.7 Å². The Balaban J connectivity index is 2.20. The number of rotatable bonds is 3. The molecule has 1 saturated heterocycles. The van der Waals surface area contributed by atoms with Gasteiger partial charge in [0.1, 0.15) is 11.5 Å². The highest BCUT2D eigenvalue weighted by molar-refractivity contribution is 5.90. The molecule has 1 fully saturated rings. The molecule has 2 rings (SSSR count). The number of carbonyl (C=O) groups excluding carboxylic acids is 1. The van der Waals surface area contributed by atoms with Crippen molar-refractivity contribution < 1.29 is 14.3 Å². The third-order valence-corrected chi connectivity index (χ3v) is 2.68. The van der Waals surface area contributed by atoms with Crippen molar-refractivity contribution in [1.29, 1.82) is 0 Å². The van der Waals surface area contributed by atoms with Gasteiger partial charge in [-0.2, -0.15) is 4.98 Å². The lowest BCUT2D eigenvalue weighted by atomic mass is 10.3. The first kappa shape index (κ1) is 12.6. The van der Waals surface area contributed by atoms with E-state index in [0.717, 1.165) is 18.9 Å². The van der Waals surface area contributed by atoms with Gasteiger partial charge in [-0.15, -0.1) is 0 Å². The third-order valence-electron chi connectivity index (χ3n) is 2.68. The van der Waals surface area contributed by atoms with Crippen LogP contribution in [0, 0.1) is 0 Å². The van der Waals surface area contributed by atoms with Gasteiger partial charge in [0, 0.05) is 20.0 Å². The molecule has 1 aliphatic heterocycles. The third kappa shape index (κ3) is 2.89. The van der Waals surface area contributed by atoms with Crippen molar-refractivity contribution in [2.45, 2.75) is 6.92 Å². The van der Waals surface area contributed by atoms with E-state index in [1.807, 2.05) is 6.07 Å². The molecule has 0 bridgehead atoms. The fourth-order valence-corrected chi connectivity index (χ4v) is 1.84. The number of methoxy groups -OCH3 is 1. The average Bonchev–Trinajstić information content (AvgIpc) is 2.39. The molecule has 1 aliphatic rings. The summed E-state index contributed by atoms with van der Waals surface area (Å²) in [4.78, 5) is 17.6. The second-order valence-electron chi connectivity index (χ2n) is 4.01. The predicted molar refractivity (Wildman–Crippen MR) is 68.1 cm³/mol. The lowest BCUT2D eigenvalue weighted by molar-refractivity contribution is -0.114. The highest BCUT2D eigenvalue weighted by Gasteiger charge is 2.15. The molecule has 0 aliphatic carbocycles. The minimum atomic E-state index is -0.144. The van der Waals surface area contributed by atoms with Gasteiger partial charge >= 0.3 is 0 Å². The Kier molecular flexibility index (Phi) is 3.99. The Morgan fingerprint density at radius 2 is 2.17 bits per heavy atom. The minimum absolute atomic E-state index is 0.144. The maximum atomic E-state index is 11.0. The summed E-state index contributed by atoms with van der Waals surface area (Å²) in [6.07, 6.45) is 0. The van der Waals surface area contributed by atoms with Crippen molar-refractivity contribution in [1.82, 2.24) is 4.98 Å². The van der Waals surface area contributed by atoms with Crippen molar-refractivity contribution in [3.05, 3.63) is 12.1 Å². The summed E-state index contributed by atoms with van der Waals surface area (Å²) in [6.45, 7) is 4.50. The fraction of sp³-hybridized carbons (Fsp3) is 0.500. The number of hydrogen-bond acceptors (Lipinski definition) is 5. The molecule has 1 aromatic heterocycles. The number of nitrogens with zero attached hydrogens (tertiary/aromatic N) is 2. The van der Waals surface area contributed by atoms with Gasteiger partial charge in [-0.3, -0.25) is 4.79 Å². The summed E-state index contributed by atoms with van der Waals surface area (Å²) < 4.78 is 10.5. The topological polar surface area (TPSA) is 63.7 Å². The first-order chi connectivity index (χ1) is 8.70. The molecule has 0 unspecified atom stereocenters. The first-order valence-electron chi connectivity index (χ1n) is 5.86. The number of pyridine rings is 1. The molecule has 6 heteroatoms. The molecule has 1 aromatic rings. The summed E-state index contributed by atoms with van der Waals surface area (Å²) in [5.74, 6) is 1.12. The van der Waals surface area contributed by atoms with Gasteiger partial charge in [-0.05, 0) is 12.1 Å². The van der Waals surface area contributed by atoms with E-state index in [1.165, 1.54) is 14.0 Å². The second kappa shape index (κ2) is 5.68. The monoisotopic (exact) mass is 251 g/mol. The summed E-state index contributed by atoms with van der Waals surface area (Å²) in [6, 6.07) is 3.68. The van der Waals surface area contributed by atoms with Crippen LogP contribution in [0.5, 0.6) is 5.88 Å². The lowest BCUT2D eigenvalue weighted by Gasteiger charge is -2.28. The van der Waals surface area contributed by atoms with Gasteiger partial charge in [0.25, 0.3) is 0 Å². The predicted octanol–water partition coefficient (Wildman–Crippen LogP) is 0.885. The number of hydrogen-bond donors (Lipinski definition) is 1. The summed E-state index contributed by atoms with van der Waals surface area (Å²) >= 11 is 0. The van der Waals surface area contributed by atoms with Crippen LogP contribution in [-0.4, -0.2) is 44.3 Å². The number of ether oxygens (including phenoxy) is 2.